The Labute approximate surface area is 63.0 Å². The molecule has 0 fully saturated rings. The second-order valence-corrected chi connectivity index (χ2v) is 2.32. The highest BCUT2D eigenvalue weighted by atomic mass is 13.9. The van der Waals surface area contributed by atoms with Crippen molar-refractivity contribution in [3.63, 3.8) is 0 Å². The molecule has 0 saturated heterocycles. The predicted molar refractivity (Wildman–Crippen MR) is 48.8 cm³/mol. The molecule has 0 amide bonds. The molecule has 0 saturated carbocycles. The van der Waals surface area contributed by atoms with Gasteiger partial charge in [-0.05, 0) is 5.56 Å². The molecular weight excluding hydrogens is 119 g/mol. The van der Waals surface area contributed by atoms with Gasteiger partial charge in [-0.25, -0.2) is 0 Å². The highest BCUT2D eigenvalue weighted by Crippen LogP contribution is 2.13. The van der Waals surface area contributed by atoms with Gasteiger partial charge in [-0.2, -0.15) is 0 Å². The molecule has 0 N–H and O–H groups in total. The van der Waals surface area contributed by atoms with Gasteiger partial charge in [0.05, 0.1) is 0 Å². The van der Waals surface area contributed by atoms with Gasteiger partial charge in [0.1, 0.15) is 7.85 Å². The Balaban J connectivity index is 2.85. The minimum absolute atomic E-state index is 1.03. The summed E-state index contributed by atoms with van der Waals surface area (Å²) in [5.41, 5.74) is 2.46. The fourth-order valence-corrected chi connectivity index (χ4v) is 0.878. The average Bonchev–Trinajstić information content (AvgIpc) is 2.05. The summed E-state index contributed by atoms with van der Waals surface area (Å²) in [6.45, 7) is 3.94. The van der Waals surface area contributed by atoms with Crippen LogP contribution in [0.5, 0.6) is 0 Å². The second-order valence-electron chi connectivity index (χ2n) is 2.32. The molecule has 1 rings (SSSR count). The van der Waals surface area contributed by atoms with E-state index in [0.29, 0.717) is 0 Å². The number of hydrogen-bond donors (Lipinski definition) is 0. The lowest BCUT2D eigenvalue weighted by atomic mass is 9.93. The number of hydrogen-bond acceptors (Lipinski definition) is 0. The number of rotatable bonds is 2. The van der Waals surface area contributed by atoms with Crippen molar-refractivity contribution in [2.75, 3.05) is 0 Å². The van der Waals surface area contributed by atoms with Crippen LogP contribution in [0.15, 0.2) is 36.9 Å². The summed E-state index contributed by atoms with van der Waals surface area (Å²) in [5.74, 6) is 0. The summed E-state index contributed by atoms with van der Waals surface area (Å²) in [6.07, 6.45) is 1.03. The third-order valence-electron chi connectivity index (χ3n) is 1.61. The third kappa shape index (κ3) is 1.50. The summed E-state index contributed by atoms with van der Waals surface area (Å²) in [4.78, 5) is 0. The SMILES string of the molecule is BCC(=C)c1ccccc1. The molecule has 0 heterocycles. The zero-order valence-corrected chi connectivity index (χ0v) is 6.30. The smallest absolute Gasteiger partial charge is 0.0960 e. The lowest BCUT2D eigenvalue weighted by Crippen LogP contribution is -1.79. The third-order valence-corrected chi connectivity index (χ3v) is 1.61. The van der Waals surface area contributed by atoms with Crippen LogP contribution in [0.3, 0.4) is 0 Å². The fourth-order valence-electron chi connectivity index (χ4n) is 0.878. The van der Waals surface area contributed by atoms with Crippen LogP contribution < -0.4 is 0 Å². The van der Waals surface area contributed by atoms with E-state index < -0.39 is 0 Å². The Hall–Kier alpha value is -0.975. The largest absolute Gasteiger partial charge is 0.107 e. The normalized spacial score (nSPS) is 9.20. The molecule has 0 aliphatic heterocycles. The molecule has 0 spiro atoms. The topological polar surface area (TPSA) is 0 Å². The van der Waals surface area contributed by atoms with Crippen molar-refractivity contribution in [2.24, 2.45) is 0 Å². The van der Waals surface area contributed by atoms with Gasteiger partial charge in [0.25, 0.3) is 0 Å². The van der Waals surface area contributed by atoms with E-state index in [1.165, 1.54) is 11.1 Å². The molecule has 1 heteroatoms. The first kappa shape index (κ1) is 7.14. The molecule has 0 bridgehead atoms. The Morgan fingerprint density at radius 3 is 2.40 bits per heavy atom. The number of allylic oxidation sites excluding steroid dienone is 1. The first-order chi connectivity index (χ1) is 4.84. The molecule has 50 valence electrons. The lowest BCUT2D eigenvalue weighted by molar-refractivity contribution is 1.58. The van der Waals surface area contributed by atoms with Crippen molar-refractivity contribution in [1.29, 1.82) is 0 Å². The maximum atomic E-state index is 3.94. The Kier molecular flexibility index (Phi) is 2.32. The summed E-state index contributed by atoms with van der Waals surface area (Å²) in [7, 11) is 2.12. The highest BCUT2D eigenvalue weighted by molar-refractivity contribution is 6.14. The molecule has 0 nitrogen and oxygen atoms in total. The van der Waals surface area contributed by atoms with Crippen molar-refractivity contribution < 1.29 is 0 Å². The standard InChI is InChI=1S/C9H11B/c1-8(7-10)9-5-3-2-4-6-9/h2-6H,1,7,10H2. The summed E-state index contributed by atoms with van der Waals surface area (Å²) in [5, 5.41) is 0. The Bertz CT molecular complexity index is 213. The van der Waals surface area contributed by atoms with Crippen LogP contribution in [0.25, 0.3) is 5.57 Å². The van der Waals surface area contributed by atoms with Crippen LogP contribution in [0.1, 0.15) is 5.56 Å². The maximum Gasteiger partial charge on any atom is 0.107 e. The van der Waals surface area contributed by atoms with Crippen molar-refractivity contribution in [1.82, 2.24) is 0 Å². The van der Waals surface area contributed by atoms with Crippen molar-refractivity contribution >= 4 is 13.4 Å². The van der Waals surface area contributed by atoms with E-state index in [4.69, 9.17) is 0 Å². The van der Waals surface area contributed by atoms with Gasteiger partial charge in [0.2, 0.25) is 0 Å². The molecule has 10 heavy (non-hydrogen) atoms. The molecule has 1 aromatic carbocycles. The molecule has 0 atom stereocenters. The van der Waals surface area contributed by atoms with E-state index >= 15 is 0 Å². The fraction of sp³-hybridized carbons (Fsp3) is 0.111. The van der Waals surface area contributed by atoms with Crippen LogP contribution in [0.2, 0.25) is 6.32 Å². The minimum atomic E-state index is 1.03. The van der Waals surface area contributed by atoms with E-state index in [1.54, 1.807) is 0 Å². The maximum absolute atomic E-state index is 3.94. The van der Waals surface area contributed by atoms with Gasteiger partial charge in [-0.1, -0.05) is 48.8 Å². The van der Waals surface area contributed by atoms with E-state index in [1.807, 2.05) is 18.2 Å². The van der Waals surface area contributed by atoms with Crippen LogP contribution in [0, 0.1) is 0 Å². The van der Waals surface area contributed by atoms with Crippen molar-refractivity contribution in [3.05, 3.63) is 42.5 Å². The average molecular weight is 130 g/mol. The van der Waals surface area contributed by atoms with Gasteiger partial charge >= 0.3 is 0 Å². The quantitative estimate of drug-likeness (QED) is 0.535. The van der Waals surface area contributed by atoms with Gasteiger partial charge in [0, 0.05) is 0 Å². The van der Waals surface area contributed by atoms with Gasteiger partial charge in [0.15, 0.2) is 0 Å². The second kappa shape index (κ2) is 3.26. The molecule has 0 aromatic heterocycles. The molecule has 0 aliphatic carbocycles. The lowest BCUT2D eigenvalue weighted by Gasteiger charge is -1.99. The zero-order chi connectivity index (χ0) is 7.40. The van der Waals surface area contributed by atoms with Crippen LogP contribution in [0.4, 0.5) is 0 Å². The highest BCUT2D eigenvalue weighted by Gasteiger charge is 1.91. The first-order valence-corrected chi connectivity index (χ1v) is 3.57. The monoisotopic (exact) mass is 130 g/mol. The van der Waals surface area contributed by atoms with Crippen LogP contribution >= 0.6 is 0 Å². The summed E-state index contributed by atoms with van der Waals surface area (Å²) < 4.78 is 0. The first-order valence-electron chi connectivity index (χ1n) is 3.57. The summed E-state index contributed by atoms with van der Waals surface area (Å²) in [6, 6.07) is 10.3. The van der Waals surface area contributed by atoms with Crippen LogP contribution in [-0.2, 0) is 0 Å². The summed E-state index contributed by atoms with van der Waals surface area (Å²) >= 11 is 0. The van der Waals surface area contributed by atoms with E-state index in [9.17, 15) is 0 Å². The molecular formula is C9H11B. The van der Waals surface area contributed by atoms with Crippen molar-refractivity contribution in [3.8, 4) is 0 Å². The Morgan fingerprint density at radius 1 is 1.30 bits per heavy atom. The number of benzene rings is 1. The predicted octanol–water partition coefficient (Wildman–Crippen LogP) is 1.75. The molecule has 0 unspecified atom stereocenters. The Morgan fingerprint density at radius 2 is 1.90 bits per heavy atom. The van der Waals surface area contributed by atoms with Crippen LogP contribution in [-0.4, -0.2) is 7.85 Å². The molecule has 0 aliphatic rings. The van der Waals surface area contributed by atoms with E-state index in [0.717, 1.165) is 6.32 Å². The zero-order valence-electron chi connectivity index (χ0n) is 6.30. The van der Waals surface area contributed by atoms with E-state index in [2.05, 4.69) is 26.6 Å². The van der Waals surface area contributed by atoms with Crippen molar-refractivity contribution in [2.45, 2.75) is 6.32 Å². The molecule has 0 radical (unpaired) electrons. The molecule has 1 aromatic rings. The van der Waals surface area contributed by atoms with Gasteiger partial charge in [-0.15, -0.1) is 0 Å². The van der Waals surface area contributed by atoms with Gasteiger partial charge < -0.3 is 0 Å². The van der Waals surface area contributed by atoms with Gasteiger partial charge in [-0.3, -0.25) is 0 Å². The van der Waals surface area contributed by atoms with E-state index in [-0.39, 0.29) is 0 Å². The minimum Gasteiger partial charge on any atom is -0.0960 e.